The molecule has 1 saturated heterocycles. The second-order valence-corrected chi connectivity index (χ2v) is 4.51. The van der Waals surface area contributed by atoms with Gasteiger partial charge in [-0.25, -0.2) is 4.79 Å². The molecule has 1 fully saturated rings. The van der Waals surface area contributed by atoms with E-state index in [1.807, 2.05) is 0 Å². The van der Waals surface area contributed by atoms with Crippen LogP contribution < -0.4 is 10.6 Å². The van der Waals surface area contributed by atoms with E-state index < -0.39 is 11.0 Å². The maximum absolute atomic E-state index is 11.7. The van der Waals surface area contributed by atoms with Crippen molar-refractivity contribution in [3.63, 3.8) is 0 Å². The number of nitro benzene ring substituents is 1. The van der Waals surface area contributed by atoms with Crippen LogP contribution in [0.2, 0.25) is 5.02 Å². The number of anilines is 1. The smallest absolute Gasteiger partial charge is 0.319 e. The summed E-state index contributed by atoms with van der Waals surface area (Å²) < 4.78 is 5.12. The van der Waals surface area contributed by atoms with Gasteiger partial charge < -0.3 is 15.4 Å². The maximum Gasteiger partial charge on any atom is 0.319 e. The van der Waals surface area contributed by atoms with Gasteiger partial charge in [0, 0.05) is 17.7 Å². The van der Waals surface area contributed by atoms with Crippen LogP contribution in [-0.2, 0) is 4.74 Å². The molecule has 0 spiro atoms. The monoisotopic (exact) mass is 285 g/mol. The Kier molecular flexibility index (Phi) is 4.18. The zero-order valence-electron chi connectivity index (χ0n) is 9.89. The minimum absolute atomic E-state index is 0.0636. The van der Waals surface area contributed by atoms with E-state index in [0.29, 0.717) is 13.2 Å². The minimum atomic E-state index is -0.597. The molecule has 7 nitrogen and oxygen atoms in total. The third-order valence-electron chi connectivity index (χ3n) is 2.67. The molecule has 2 rings (SSSR count). The first kappa shape index (κ1) is 13.6. The lowest BCUT2D eigenvalue weighted by Crippen LogP contribution is -2.38. The quantitative estimate of drug-likeness (QED) is 0.657. The van der Waals surface area contributed by atoms with E-state index in [4.69, 9.17) is 16.3 Å². The molecule has 1 unspecified atom stereocenters. The van der Waals surface area contributed by atoms with Gasteiger partial charge >= 0.3 is 6.03 Å². The molecular formula is C11H12ClN3O4. The number of rotatable bonds is 3. The summed E-state index contributed by atoms with van der Waals surface area (Å²) >= 11 is 5.69. The molecule has 1 atom stereocenters. The molecule has 1 heterocycles. The van der Waals surface area contributed by atoms with Crippen LogP contribution in [0.25, 0.3) is 0 Å². The largest absolute Gasteiger partial charge is 0.379 e. The predicted molar refractivity (Wildman–Crippen MR) is 69.5 cm³/mol. The Labute approximate surface area is 114 Å². The van der Waals surface area contributed by atoms with Crippen LogP contribution in [0.5, 0.6) is 0 Å². The summed E-state index contributed by atoms with van der Waals surface area (Å²) in [6, 6.07) is 3.50. The molecule has 0 radical (unpaired) electrons. The van der Waals surface area contributed by atoms with Gasteiger partial charge in [0.15, 0.2) is 0 Å². The Balaban J connectivity index is 2.05. The molecule has 1 aliphatic heterocycles. The Hall–Kier alpha value is -1.86. The fraction of sp³-hybridized carbons (Fsp3) is 0.364. The average Bonchev–Trinajstić information content (AvgIpc) is 2.83. The first-order chi connectivity index (χ1) is 9.06. The van der Waals surface area contributed by atoms with E-state index in [2.05, 4.69) is 10.6 Å². The molecule has 2 amide bonds. The number of carbonyl (C=O) groups excluding carboxylic acids is 1. The number of benzene rings is 1. The normalized spacial score (nSPS) is 18.1. The second-order valence-electron chi connectivity index (χ2n) is 4.08. The summed E-state index contributed by atoms with van der Waals surface area (Å²) in [5.41, 5.74) is -0.142. The number of ether oxygens (including phenoxy) is 1. The number of carbonyl (C=O) groups is 1. The summed E-state index contributed by atoms with van der Waals surface area (Å²) in [5, 5.41) is 16.2. The number of amides is 2. The van der Waals surface area contributed by atoms with Crippen molar-refractivity contribution in [2.24, 2.45) is 0 Å². The minimum Gasteiger partial charge on any atom is -0.379 e. The predicted octanol–water partition coefficient (Wildman–Crippen LogP) is 2.16. The van der Waals surface area contributed by atoms with E-state index in [0.717, 1.165) is 6.42 Å². The molecule has 19 heavy (non-hydrogen) atoms. The number of halogens is 1. The molecular weight excluding hydrogens is 274 g/mol. The fourth-order valence-corrected chi connectivity index (χ4v) is 1.92. The summed E-state index contributed by atoms with van der Waals surface area (Å²) in [5.74, 6) is 0. The van der Waals surface area contributed by atoms with Gasteiger partial charge in [0.2, 0.25) is 0 Å². The van der Waals surface area contributed by atoms with E-state index in [1.165, 1.54) is 18.2 Å². The van der Waals surface area contributed by atoms with Gasteiger partial charge in [0.25, 0.3) is 5.69 Å². The molecule has 1 aromatic rings. The number of urea groups is 1. The van der Waals surface area contributed by atoms with Crippen LogP contribution in [0.1, 0.15) is 6.42 Å². The topological polar surface area (TPSA) is 93.5 Å². The number of hydrogen-bond donors (Lipinski definition) is 2. The highest BCUT2D eigenvalue weighted by molar-refractivity contribution is 6.31. The van der Waals surface area contributed by atoms with Gasteiger partial charge in [-0.05, 0) is 18.6 Å². The van der Waals surface area contributed by atoms with Gasteiger partial charge in [-0.2, -0.15) is 0 Å². The lowest BCUT2D eigenvalue weighted by atomic mass is 10.2. The maximum atomic E-state index is 11.7. The van der Waals surface area contributed by atoms with E-state index in [1.54, 1.807) is 0 Å². The van der Waals surface area contributed by atoms with Crippen LogP contribution in [0.3, 0.4) is 0 Å². The third kappa shape index (κ3) is 3.55. The summed E-state index contributed by atoms with van der Waals surface area (Å²) in [6.07, 6.45) is 0.732. The highest BCUT2D eigenvalue weighted by atomic mass is 35.5. The molecule has 0 aromatic heterocycles. The first-order valence-electron chi connectivity index (χ1n) is 5.65. The summed E-state index contributed by atoms with van der Waals surface area (Å²) in [6.45, 7) is 1.06. The number of nitrogens with zero attached hydrogens (tertiary/aromatic N) is 1. The summed E-state index contributed by atoms with van der Waals surface area (Å²) in [4.78, 5) is 22.0. The van der Waals surface area contributed by atoms with Crippen molar-refractivity contribution < 1.29 is 14.5 Å². The van der Waals surface area contributed by atoms with Gasteiger partial charge in [-0.3, -0.25) is 10.1 Å². The van der Waals surface area contributed by atoms with Gasteiger partial charge in [0.1, 0.15) is 5.69 Å². The molecule has 0 bridgehead atoms. The Bertz CT molecular complexity index is 503. The van der Waals surface area contributed by atoms with Crippen LogP contribution >= 0.6 is 11.6 Å². The Morgan fingerprint density at radius 2 is 2.32 bits per heavy atom. The summed E-state index contributed by atoms with van der Waals surface area (Å²) in [7, 11) is 0. The molecule has 8 heteroatoms. The SMILES string of the molecule is O=C(Nc1ccc(Cl)cc1[N+](=O)[O-])NC1CCOC1. The highest BCUT2D eigenvalue weighted by Crippen LogP contribution is 2.27. The first-order valence-corrected chi connectivity index (χ1v) is 6.03. The van der Waals surface area contributed by atoms with Crippen molar-refractivity contribution in [2.45, 2.75) is 12.5 Å². The number of nitrogens with one attached hydrogen (secondary N) is 2. The van der Waals surface area contributed by atoms with Crippen molar-refractivity contribution in [1.29, 1.82) is 0 Å². The van der Waals surface area contributed by atoms with Gasteiger partial charge in [0.05, 0.1) is 17.6 Å². The van der Waals surface area contributed by atoms with Crippen LogP contribution in [0, 0.1) is 10.1 Å². The highest BCUT2D eigenvalue weighted by Gasteiger charge is 2.20. The van der Waals surface area contributed by atoms with Gasteiger partial charge in [-0.15, -0.1) is 0 Å². The van der Waals surface area contributed by atoms with Crippen LogP contribution in [-0.4, -0.2) is 30.2 Å². The Morgan fingerprint density at radius 3 is 2.95 bits per heavy atom. The van der Waals surface area contributed by atoms with Crippen molar-refractivity contribution in [2.75, 3.05) is 18.5 Å². The second kappa shape index (κ2) is 5.85. The van der Waals surface area contributed by atoms with E-state index in [9.17, 15) is 14.9 Å². The molecule has 102 valence electrons. The standard InChI is InChI=1S/C11H12ClN3O4/c12-7-1-2-9(10(5-7)15(17)18)14-11(16)13-8-3-4-19-6-8/h1-2,5,8H,3-4,6H2,(H2,13,14,16). The molecule has 1 aromatic carbocycles. The number of hydrogen-bond acceptors (Lipinski definition) is 4. The van der Waals surface area contributed by atoms with Crippen molar-refractivity contribution in [3.8, 4) is 0 Å². The Morgan fingerprint density at radius 1 is 1.53 bits per heavy atom. The van der Waals surface area contributed by atoms with Crippen molar-refractivity contribution in [1.82, 2.24) is 5.32 Å². The zero-order chi connectivity index (χ0) is 13.8. The molecule has 0 saturated carbocycles. The lowest BCUT2D eigenvalue weighted by molar-refractivity contribution is -0.383. The van der Waals surface area contributed by atoms with Crippen molar-refractivity contribution in [3.05, 3.63) is 33.3 Å². The lowest BCUT2D eigenvalue weighted by Gasteiger charge is -2.12. The van der Waals surface area contributed by atoms with Crippen molar-refractivity contribution >= 4 is 29.0 Å². The average molecular weight is 286 g/mol. The molecule has 2 N–H and O–H groups in total. The number of nitro groups is 1. The molecule has 0 aliphatic carbocycles. The third-order valence-corrected chi connectivity index (χ3v) is 2.90. The van der Waals surface area contributed by atoms with Crippen LogP contribution in [0.4, 0.5) is 16.2 Å². The van der Waals surface area contributed by atoms with E-state index in [-0.39, 0.29) is 22.4 Å². The fourth-order valence-electron chi connectivity index (χ4n) is 1.75. The van der Waals surface area contributed by atoms with Crippen LogP contribution in [0.15, 0.2) is 18.2 Å². The zero-order valence-corrected chi connectivity index (χ0v) is 10.6. The molecule has 1 aliphatic rings. The van der Waals surface area contributed by atoms with E-state index >= 15 is 0 Å². The van der Waals surface area contributed by atoms with Gasteiger partial charge in [-0.1, -0.05) is 11.6 Å².